The average Bonchev–Trinajstić information content (AvgIpc) is 2.48. The van der Waals surface area contributed by atoms with Crippen molar-refractivity contribution in [3.05, 3.63) is 0 Å². The minimum Gasteiger partial charge on any atom is -0.466 e. The highest BCUT2D eigenvalue weighted by atomic mass is 16.5. The number of carbonyl (C=O) groups excluding carboxylic acids is 2. The molecule has 0 unspecified atom stereocenters. The van der Waals surface area contributed by atoms with Crippen LogP contribution < -0.4 is 5.32 Å². The van der Waals surface area contributed by atoms with Gasteiger partial charge in [0.1, 0.15) is 0 Å². The van der Waals surface area contributed by atoms with Gasteiger partial charge in [0.25, 0.3) is 0 Å². The monoisotopic (exact) mass is 298 g/mol. The molecule has 1 heterocycles. The van der Waals surface area contributed by atoms with E-state index < -0.39 is 0 Å². The number of carbonyl (C=O) groups is 2. The Balaban J connectivity index is 2.56. The summed E-state index contributed by atoms with van der Waals surface area (Å²) >= 11 is 0. The summed E-state index contributed by atoms with van der Waals surface area (Å²) in [5, 5.41) is 3.04. The average molecular weight is 298 g/mol. The van der Waals surface area contributed by atoms with E-state index in [9.17, 15) is 9.59 Å². The quantitative estimate of drug-likeness (QED) is 0.446. The van der Waals surface area contributed by atoms with E-state index in [0.29, 0.717) is 19.1 Å². The van der Waals surface area contributed by atoms with Gasteiger partial charge < -0.3 is 19.9 Å². The van der Waals surface area contributed by atoms with Crippen LogP contribution in [0.5, 0.6) is 0 Å². The lowest BCUT2D eigenvalue weighted by Crippen LogP contribution is -2.50. The SMILES string of the molecule is CCOC(=O)[C@@H]1CCCN(C(=NC)NCC(=O)N(C)C)C1. The number of esters is 1. The van der Waals surface area contributed by atoms with E-state index >= 15 is 0 Å². The van der Waals surface area contributed by atoms with Crippen LogP contribution in [-0.4, -0.2) is 75.0 Å². The first-order chi connectivity index (χ1) is 9.99. The van der Waals surface area contributed by atoms with Gasteiger partial charge in [-0.3, -0.25) is 14.6 Å². The molecule has 1 aliphatic heterocycles. The van der Waals surface area contributed by atoms with Gasteiger partial charge in [-0.05, 0) is 19.8 Å². The van der Waals surface area contributed by atoms with Gasteiger partial charge in [0, 0.05) is 34.2 Å². The maximum atomic E-state index is 11.8. The van der Waals surface area contributed by atoms with Crippen LogP contribution in [0, 0.1) is 5.92 Å². The van der Waals surface area contributed by atoms with Crippen molar-refractivity contribution in [2.45, 2.75) is 19.8 Å². The number of piperidine rings is 1. The lowest BCUT2D eigenvalue weighted by molar-refractivity contribution is -0.149. The van der Waals surface area contributed by atoms with Crippen molar-refractivity contribution < 1.29 is 14.3 Å². The number of guanidine groups is 1. The molecule has 1 aliphatic rings. The van der Waals surface area contributed by atoms with E-state index in [1.54, 1.807) is 21.1 Å². The number of likely N-dealkylation sites (N-methyl/N-ethyl adjacent to an activating group) is 1. The molecule has 0 aliphatic carbocycles. The van der Waals surface area contributed by atoms with Crippen molar-refractivity contribution in [2.24, 2.45) is 10.9 Å². The normalized spacial score (nSPS) is 19.1. The summed E-state index contributed by atoms with van der Waals surface area (Å²) in [5.74, 6) is 0.359. The zero-order chi connectivity index (χ0) is 15.8. The summed E-state index contributed by atoms with van der Waals surface area (Å²) in [5.41, 5.74) is 0. The molecular weight excluding hydrogens is 272 g/mol. The molecule has 1 fully saturated rings. The van der Waals surface area contributed by atoms with E-state index in [4.69, 9.17) is 4.74 Å². The van der Waals surface area contributed by atoms with Gasteiger partial charge in [0.2, 0.25) is 5.91 Å². The molecule has 7 heteroatoms. The van der Waals surface area contributed by atoms with Gasteiger partial charge in [0.05, 0.1) is 19.1 Å². The third kappa shape index (κ3) is 5.24. The Morgan fingerprint density at radius 3 is 2.71 bits per heavy atom. The van der Waals surface area contributed by atoms with Crippen LogP contribution in [0.2, 0.25) is 0 Å². The summed E-state index contributed by atoms with van der Waals surface area (Å²) in [6.45, 7) is 3.81. The second kappa shape index (κ2) is 8.49. The van der Waals surface area contributed by atoms with E-state index in [2.05, 4.69) is 10.3 Å². The van der Waals surface area contributed by atoms with E-state index in [0.717, 1.165) is 19.4 Å². The van der Waals surface area contributed by atoms with E-state index in [1.807, 2.05) is 11.8 Å². The molecule has 120 valence electrons. The van der Waals surface area contributed by atoms with Crippen molar-refractivity contribution in [1.82, 2.24) is 15.1 Å². The lowest BCUT2D eigenvalue weighted by Gasteiger charge is -2.33. The molecule has 0 radical (unpaired) electrons. The maximum absolute atomic E-state index is 11.8. The molecule has 21 heavy (non-hydrogen) atoms. The molecule has 0 aromatic rings. The molecule has 0 bridgehead atoms. The highest BCUT2D eigenvalue weighted by Crippen LogP contribution is 2.17. The Hall–Kier alpha value is -1.79. The summed E-state index contributed by atoms with van der Waals surface area (Å²) in [4.78, 5) is 31.2. The lowest BCUT2D eigenvalue weighted by atomic mass is 9.98. The maximum Gasteiger partial charge on any atom is 0.310 e. The molecular formula is C14H26N4O3. The van der Waals surface area contributed by atoms with Crippen LogP contribution in [-0.2, 0) is 14.3 Å². The summed E-state index contributed by atoms with van der Waals surface area (Å²) in [6.07, 6.45) is 1.74. The third-order valence-corrected chi connectivity index (χ3v) is 3.45. The Morgan fingerprint density at radius 2 is 2.14 bits per heavy atom. The van der Waals surface area contributed by atoms with Crippen molar-refractivity contribution in [1.29, 1.82) is 0 Å². The Bertz CT molecular complexity index is 396. The molecule has 1 saturated heterocycles. The second-order valence-corrected chi connectivity index (χ2v) is 5.23. The Kier molecular flexibility index (Phi) is 6.98. The van der Waals surface area contributed by atoms with Crippen LogP contribution in [0.1, 0.15) is 19.8 Å². The number of ether oxygens (including phenoxy) is 1. The van der Waals surface area contributed by atoms with Crippen LogP contribution in [0.4, 0.5) is 0 Å². The fourth-order valence-corrected chi connectivity index (χ4v) is 2.27. The minimum atomic E-state index is -0.151. The smallest absolute Gasteiger partial charge is 0.310 e. The van der Waals surface area contributed by atoms with Crippen molar-refractivity contribution >= 4 is 17.8 Å². The van der Waals surface area contributed by atoms with Gasteiger partial charge >= 0.3 is 5.97 Å². The molecule has 0 spiro atoms. The van der Waals surface area contributed by atoms with Crippen molar-refractivity contribution in [3.63, 3.8) is 0 Å². The standard InChI is InChI=1S/C14H26N4O3/c1-5-21-13(20)11-7-6-8-18(10-11)14(15-2)16-9-12(19)17(3)4/h11H,5-10H2,1-4H3,(H,15,16)/t11-/m1/s1. The molecule has 7 nitrogen and oxygen atoms in total. The van der Waals surface area contributed by atoms with Gasteiger partial charge in [-0.15, -0.1) is 0 Å². The summed E-state index contributed by atoms with van der Waals surface area (Å²) < 4.78 is 5.09. The first kappa shape index (κ1) is 17.3. The Morgan fingerprint density at radius 1 is 1.43 bits per heavy atom. The molecule has 0 aromatic heterocycles. The minimum absolute atomic E-state index is 0.0184. The zero-order valence-electron chi connectivity index (χ0n) is 13.4. The van der Waals surface area contributed by atoms with Crippen LogP contribution >= 0.6 is 0 Å². The number of hydrogen-bond donors (Lipinski definition) is 1. The highest BCUT2D eigenvalue weighted by Gasteiger charge is 2.28. The summed E-state index contributed by atoms with van der Waals surface area (Å²) in [6, 6.07) is 0. The van der Waals surface area contributed by atoms with Crippen LogP contribution in [0.3, 0.4) is 0 Å². The molecule has 1 rings (SSSR count). The topological polar surface area (TPSA) is 74.2 Å². The largest absolute Gasteiger partial charge is 0.466 e. The first-order valence-electron chi connectivity index (χ1n) is 7.32. The highest BCUT2D eigenvalue weighted by molar-refractivity contribution is 5.86. The van der Waals surface area contributed by atoms with Gasteiger partial charge in [-0.2, -0.15) is 0 Å². The number of nitrogens with zero attached hydrogens (tertiary/aromatic N) is 3. The number of nitrogens with one attached hydrogen (secondary N) is 1. The third-order valence-electron chi connectivity index (χ3n) is 3.45. The molecule has 1 atom stereocenters. The molecule has 0 saturated carbocycles. The zero-order valence-corrected chi connectivity index (χ0v) is 13.4. The molecule has 1 N–H and O–H groups in total. The second-order valence-electron chi connectivity index (χ2n) is 5.23. The van der Waals surface area contributed by atoms with Crippen molar-refractivity contribution in [2.75, 3.05) is 47.4 Å². The van der Waals surface area contributed by atoms with Crippen LogP contribution in [0.15, 0.2) is 4.99 Å². The number of hydrogen-bond acceptors (Lipinski definition) is 4. The summed E-state index contributed by atoms with van der Waals surface area (Å²) in [7, 11) is 5.10. The number of amides is 1. The Labute approximate surface area is 126 Å². The molecule has 0 aromatic carbocycles. The van der Waals surface area contributed by atoms with Gasteiger partial charge in [-0.25, -0.2) is 0 Å². The number of aliphatic imine (C=N–C) groups is 1. The van der Waals surface area contributed by atoms with Crippen LogP contribution in [0.25, 0.3) is 0 Å². The van der Waals surface area contributed by atoms with E-state index in [1.165, 1.54) is 4.90 Å². The van der Waals surface area contributed by atoms with Crippen molar-refractivity contribution in [3.8, 4) is 0 Å². The number of likely N-dealkylation sites (tertiary alicyclic amines) is 1. The molecule has 1 amide bonds. The first-order valence-corrected chi connectivity index (χ1v) is 7.32. The fourth-order valence-electron chi connectivity index (χ4n) is 2.27. The van der Waals surface area contributed by atoms with Gasteiger partial charge in [-0.1, -0.05) is 0 Å². The number of rotatable bonds is 4. The fraction of sp³-hybridized carbons (Fsp3) is 0.786. The van der Waals surface area contributed by atoms with E-state index in [-0.39, 0.29) is 24.3 Å². The predicted octanol–water partition coefficient (Wildman–Crippen LogP) is -0.0749. The predicted molar refractivity (Wildman–Crippen MR) is 81.0 cm³/mol. The van der Waals surface area contributed by atoms with Gasteiger partial charge in [0.15, 0.2) is 5.96 Å².